The Kier molecular flexibility index (Phi) is 4.02. The van der Waals surface area contributed by atoms with Crippen LogP contribution in [0.2, 0.25) is 0 Å². The van der Waals surface area contributed by atoms with Gasteiger partial charge in [-0.25, -0.2) is 0 Å². The molecule has 134 valence electrons. The van der Waals surface area contributed by atoms with Crippen LogP contribution in [0.25, 0.3) is 10.9 Å². The van der Waals surface area contributed by atoms with E-state index in [2.05, 4.69) is 29.2 Å². The molecule has 0 aliphatic carbocycles. The molecular weight excluding hydrogens is 326 g/mol. The summed E-state index contributed by atoms with van der Waals surface area (Å²) in [4.78, 5) is 20.1. The minimum Gasteiger partial charge on any atom is -0.361 e. The SMILES string of the molecule is Cc1cc(C)c2nc(C)cc(C(=O)N3CCC[C@H]3c3cc(C)on3)c2c1. The predicted molar refractivity (Wildman–Crippen MR) is 100 cm³/mol. The van der Waals surface area contributed by atoms with Crippen LogP contribution < -0.4 is 0 Å². The molecule has 1 fully saturated rings. The molecule has 1 amide bonds. The Morgan fingerprint density at radius 2 is 1.96 bits per heavy atom. The largest absolute Gasteiger partial charge is 0.361 e. The molecule has 2 aromatic heterocycles. The normalized spacial score (nSPS) is 17.2. The summed E-state index contributed by atoms with van der Waals surface area (Å²) in [6.45, 7) is 8.66. The fourth-order valence-corrected chi connectivity index (χ4v) is 4.00. The van der Waals surface area contributed by atoms with Crippen LogP contribution in [0, 0.1) is 27.7 Å². The van der Waals surface area contributed by atoms with Gasteiger partial charge in [0, 0.05) is 23.7 Å². The van der Waals surface area contributed by atoms with E-state index in [0.717, 1.165) is 64.1 Å². The van der Waals surface area contributed by atoms with E-state index in [4.69, 9.17) is 4.52 Å². The van der Waals surface area contributed by atoms with Gasteiger partial charge in [-0.2, -0.15) is 0 Å². The van der Waals surface area contributed by atoms with Crippen LogP contribution in [0.4, 0.5) is 0 Å². The highest BCUT2D eigenvalue weighted by atomic mass is 16.5. The van der Waals surface area contributed by atoms with Crippen molar-refractivity contribution in [3.05, 3.63) is 58.1 Å². The van der Waals surface area contributed by atoms with E-state index in [0.29, 0.717) is 0 Å². The lowest BCUT2D eigenvalue weighted by molar-refractivity contribution is 0.0732. The first-order valence-corrected chi connectivity index (χ1v) is 9.07. The van der Waals surface area contributed by atoms with Gasteiger partial charge in [0.15, 0.2) is 0 Å². The maximum atomic E-state index is 13.5. The molecule has 1 aromatic carbocycles. The predicted octanol–water partition coefficient (Wildman–Crippen LogP) is 4.43. The molecule has 26 heavy (non-hydrogen) atoms. The minimum atomic E-state index is -0.0191. The lowest BCUT2D eigenvalue weighted by Gasteiger charge is -2.24. The molecule has 5 heteroatoms. The van der Waals surface area contributed by atoms with E-state index in [1.807, 2.05) is 37.8 Å². The summed E-state index contributed by atoms with van der Waals surface area (Å²) in [6.07, 6.45) is 1.89. The quantitative estimate of drug-likeness (QED) is 0.686. The number of carbonyl (C=O) groups is 1. The van der Waals surface area contributed by atoms with Crippen molar-refractivity contribution in [2.45, 2.75) is 46.6 Å². The third-order valence-corrected chi connectivity index (χ3v) is 5.11. The summed E-state index contributed by atoms with van der Waals surface area (Å²) in [5.41, 5.74) is 5.58. The Balaban J connectivity index is 1.81. The van der Waals surface area contributed by atoms with E-state index in [9.17, 15) is 4.79 Å². The van der Waals surface area contributed by atoms with Gasteiger partial charge in [-0.3, -0.25) is 9.78 Å². The lowest BCUT2D eigenvalue weighted by atomic mass is 10.0. The van der Waals surface area contributed by atoms with Crippen LogP contribution in [-0.4, -0.2) is 27.5 Å². The van der Waals surface area contributed by atoms with E-state index in [-0.39, 0.29) is 11.9 Å². The lowest BCUT2D eigenvalue weighted by Crippen LogP contribution is -2.31. The molecule has 3 aromatic rings. The first-order valence-electron chi connectivity index (χ1n) is 9.07. The maximum absolute atomic E-state index is 13.5. The number of benzene rings is 1. The molecule has 0 saturated carbocycles. The zero-order valence-electron chi connectivity index (χ0n) is 15.7. The third-order valence-electron chi connectivity index (χ3n) is 5.11. The number of hydrogen-bond donors (Lipinski definition) is 0. The van der Waals surface area contributed by atoms with Gasteiger partial charge in [0.05, 0.1) is 17.1 Å². The average molecular weight is 349 g/mol. The second-order valence-electron chi connectivity index (χ2n) is 7.31. The number of aryl methyl sites for hydroxylation is 4. The molecule has 0 spiro atoms. The maximum Gasteiger partial charge on any atom is 0.255 e. The summed E-state index contributed by atoms with van der Waals surface area (Å²) in [5.74, 6) is 0.824. The number of nitrogens with zero attached hydrogens (tertiary/aromatic N) is 3. The van der Waals surface area contributed by atoms with Crippen molar-refractivity contribution < 1.29 is 9.32 Å². The third kappa shape index (κ3) is 2.77. The highest BCUT2D eigenvalue weighted by Crippen LogP contribution is 2.34. The number of carbonyl (C=O) groups excluding carboxylic acids is 1. The van der Waals surface area contributed by atoms with Crippen molar-refractivity contribution >= 4 is 16.8 Å². The van der Waals surface area contributed by atoms with Gasteiger partial charge >= 0.3 is 0 Å². The number of rotatable bonds is 2. The minimum absolute atomic E-state index is 0.0191. The van der Waals surface area contributed by atoms with E-state index < -0.39 is 0 Å². The number of amides is 1. The molecule has 1 aliphatic heterocycles. The van der Waals surface area contributed by atoms with Gasteiger partial charge in [0.2, 0.25) is 0 Å². The average Bonchev–Trinajstić information content (AvgIpc) is 3.23. The molecule has 1 saturated heterocycles. The van der Waals surface area contributed by atoms with Gasteiger partial charge in [-0.05, 0) is 58.2 Å². The van der Waals surface area contributed by atoms with Crippen LogP contribution in [0.1, 0.15) is 57.5 Å². The smallest absolute Gasteiger partial charge is 0.255 e. The molecule has 5 nitrogen and oxygen atoms in total. The van der Waals surface area contributed by atoms with Crippen LogP contribution in [-0.2, 0) is 0 Å². The number of fused-ring (bicyclic) bond motifs is 1. The fraction of sp³-hybridized carbons (Fsp3) is 0.381. The molecule has 0 unspecified atom stereocenters. The van der Waals surface area contributed by atoms with Gasteiger partial charge < -0.3 is 9.42 Å². The summed E-state index contributed by atoms with van der Waals surface area (Å²) >= 11 is 0. The van der Waals surface area contributed by atoms with Crippen molar-refractivity contribution in [3.63, 3.8) is 0 Å². The Labute approximate surface area is 153 Å². The molecule has 0 bridgehead atoms. The summed E-state index contributed by atoms with van der Waals surface area (Å²) in [5, 5.41) is 5.08. The summed E-state index contributed by atoms with van der Waals surface area (Å²) < 4.78 is 5.23. The molecule has 3 heterocycles. The monoisotopic (exact) mass is 349 g/mol. The van der Waals surface area contributed by atoms with E-state index >= 15 is 0 Å². The first-order chi connectivity index (χ1) is 12.4. The molecule has 4 rings (SSSR count). The number of pyridine rings is 1. The number of aromatic nitrogens is 2. The van der Waals surface area contributed by atoms with Crippen molar-refractivity contribution in [1.82, 2.24) is 15.0 Å². The second kappa shape index (κ2) is 6.24. The van der Waals surface area contributed by atoms with Crippen LogP contribution in [0.3, 0.4) is 0 Å². The van der Waals surface area contributed by atoms with Crippen LogP contribution in [0.5, 0.6) is 0 Å². The zero-order valence-corrected chi connectivity index (χ0v) is 15.7. The van der Waals surface area contributed by atoms with Crippen molar-refractivity contribution in [2.24, 2.45) is 0 Å². The Morgan fingerprint density at radius 3 is 2.69 bits per heavy atom. The van der Waals surface area contributed by atoms with Gasteiger partial charge in [-0.1, -0.05) is 16.8 Å². The Hall–Kier alpha value is -2.69. The van der Waals surface area contributed by atoms with Gasteiger partial charge in [-0.15, -0.1) is 0 Å². The van der Waals surface area contributed by atoms with E-state index in [1.165, 1.54) is 0 Å². The molecule has 1 aliphatic rings. The standard InChI is InChI=1S/C21H23N3O2/c1-12-8-13(2)20-16(9-12)17(10-14(3)22-20)21(25)24-7-5-6-19(24)18-11-15(4)26-23-18/h8-11,19H,5-7H2,1-4H3/t19-/m0/s1. The zero-order chi connectivity index (χ0) is 18.4. The highest BCUT2D eigenvalue weighted by Gasteiger charge is 2.33. The summed E-state index contributed by atoms with van der Waals surface area (Å²) in [6, 6.07) is 8.00. The van der Waals surface area contributed by atoms with Crippen molar-refractivity contribution in [1.29, 1.82) is 0 Å². The van der Waals surface area contributed by atoms with Crippen LogP contribution in [0.15, 0.2) is 28.8 Å². The Bertz CT molecular complexity index is 1010. The topological polar surface area (TPSA) is 59.2 Å². The highest BCUT2D eigenvalue weighted by molar-refractivity contribution is 6.07. The summed E-state index contributed by atoms with van der Waals surface area (Å²) in [7, 11) is 0. The number of hydrogen-bond acceptors (Lipinski definition) is 4. The number of likely N-dealkylation sites (tertiary alicyclic amines) is 1. The van der Waals surface area contributed by atoms with Crippen LogP contribution >= 0.6 is 0 Å². The van der Waals surface area contributed by atoms with Gasteiger partial charge in [0.1, 0.15) is 11.5 Å². The van der Waals surface area contributed by atoms with Crippen molar-refractivity contribution in [2.75, 3.05) is 6.54 Å². The first kappa shape index (κ1) is 16.8. The second-order valence-corrected chi connectivity index (χ2v) is 7.31. The fourth-order valence-electron chi connectivity index (χ4n) is 4.00. The molecule has 1 atom stereocenters. The molecule has 0 N–H and O–H groups in total. The molecule has 0 radical (unpaired) electrons. The van der Waals surface area contributed by atoms with Crippen molar-refractivity contribution in [3.8, 4) is 0 Å². The molecular formula is C21H23N3O2. The van der Waals surface area contributed by atoms with E-state index in [1.54, 1.807) is 0 Å². The Morgan fingerprint density at radius 1 is 1.15 bits per heavy atom. The van der Waals surface area contributed by atoms with Gasteiger partial charge in [0.25, 0.3) is 5.91 Å².